The fourth-order valence-electron chi connectivity index (χ4n) is 4.27. The number of non-ortho nitro benzene ring substituents is 1. The number of hydrogen-bond acceptors (Lipinski definition) is 6. The zero-order valence-corrected chi connectivity index (χ0v) is 19.9. The smallest absolute Gasteiger partial charge is 0.295 e. The van der Waals surface area contributed by atoms with Crippen molar-refractivity contribution in [3.8, 4) is 0 Å². The number of Topliss-reactive ketones (excluding diaryl/α,β-unsaturated/α-hetero) is 1. The number of ketones is 1. The molecule has 1 unspecified atom stereocenters. The van der Waals surface area contributed by atoms with Gasteiger partial charge in [-0.2, -0.15) is 5.10 Å². The van der Waals surface area contributed by atoms with Crippen LogP contribution in [-0.4, -0.2) is 39.8 Å². The second-order valence-corrected chi connectivity index (χ2v) is 9.12. The molecule has 2 amide bonds. The van der Waals surface area contributed by atoms with Crippen molar-refractivity contribution >= 4 is 57.9 Å². The number of hydrazone groups is 1. The second-order valence-electron chi connectivity index (χ2n) is 8.24. The average Bonchev–Trinajstić information content (AvgIpc) is 3.41. The Morgan fingerprint density at radius 1 is 1.00 bits per heavy atom. The Hall–Kier alpha value is -4.08. The summed E-state index contributed by atoms with van der Waals surface area (Å²) in [5.41, 5.74) is 2.34. The van der Waals surface area contributed by atoms with Crippen LogP contribution in [0.25, 0.3) is 0 Å². The van der Waals surface area contributed by atoms with Crippen LogP contribution in [0.2, 0.25) is 10.0 Å². The summed E-state index contributed by atoms with van der Waals surface area (Å²) in [7, 11) is 0. The van der Waals surface area contributed by atoms with E-state index in [0.29, 0.717) is 33.4 Å². The number of halogens is 2. The zero-order chi connectivity index (χ0) is 25.6. The summed E-state index contributed by atoms with van der Waals surface area (Å²) in [5, 5.41) is 17.7. The van der Waals surface area contributed by atoms with Crippen molar-refractivity contribution < 1.29 is 19.3 Å². The maximum atomic E-state index is 13.5. The number of carbonyl (C=O) groups excluding carboxylic acids is 3. The molecule has 3 aromatic rings. The lowest BCUT2D eigenvalue weighted by Crippen LogP contribution is -2.40. The van der Waals surface area contributed by atoms with E-state index in [1.807, 2.05) is 0 Å². The molecule has 2 heterocycles. The molecule has 0 N–H and O–H groups in total. The minimum absolute atomic E-state index is 0.0597. The summed E-state index contributed by atoms with van der Waals surface area (Å²) < 4.78 is 0. The van der Waals surface area contributed by atoms with E-state index in [1.54, 1.807) is 42.5 Å². The highest BCUT2D eigenvalue weighted by molar-refractivity contribution is 6.53. The molecule has 36 heavy (non-hydrogen) atoms. The first kappa shape index (κ1) is 23.7. The van der Waals surface area contributed by atoms with Gasteiger partial charge in [-0.15, -0.1) is 0 Å². The normalized spacial score (nSPS) is 16.8. The Kier molecular flexibility index (Phi) is 6.03. The lowest BCUT2D eigenvalue weighted by atomic mass is 9.98. The largest absolute Gasteiger partial charge is 0.299 e. The van der Waals surface area contributed by atoms with Crippen LogP contribution in [0.3, 0.4) is 0 Å². The molecule has 0 spiro atoms. The fraction of sp³-hybridized carbons (Fsp3) is 0.120. The number of hydrogen-bond donors (Lipinski definition) is 0. The van der Waals surface area contributed by atoms with Gasteiger partial charge in [0.05, 0.1) is 27.9 Å². The van der Waals surface area contributed by atoms with Crippen molar-refractivity contribution in [1.29, 1.82) is 0 Å². The average molecular weight is 523 g/mol. The highest BCUT2D eigenvalue weighted by atomic mass is 35.5. The van der Waals surface area contributed by atoms with Crippen molar-refractivity contribution in [2.75, 3.05) is 11.4 Å². The summed E-state index contributed by atoms with van der Waals surface area (Å²) in [5.74, 6) is -2.05. The molecule has 0 saturated heterocycles. The number of nitrogens with zero attached hydrogens (tertiary/aromatic N) is 4. The molecular formula is C25H16Cl2N4O5. The molecule has 0 saturated carbocycles. The monoisotopic (exact) mass is 522 g/mol. The molecule has 2 aliphatic heterocycles. The fourth-order valence-corrected chi connectivity index (χ4v) is 4.57. The first-order valence-corrected chi connectivity index (χ1v) is 11.5. The molecule has 2 aliphatic rings. The first-order chi connectivity index (χ1) is 17.2. The Morgan fingerprint density at radius 3 is 2.33 bits per heavy atom. The second kappa shape index (κ2) is 9.18. The van der Waals surface area contributed by atoms with Crippen molar-refractivity contribution in [2.45, 2.75) is 12.5 Å². The predicted molar refractivity (Wildman–Crippen MR) is 133 cm³/mol. The summed E-state index contributed by atoms with van der Waals surface area (Å²) in [4.78, 5) is 50.2. The van der Waals surface area contributed by atoms with Gasteiger partial charge in [-0.05, 0) is 53.6 Å². The van der Waals surface area contributed by atoms with Crippen LogP contribution in [0, 0.1) is 10.1 Å². The van der Waals surface area contributed by atoms with Gasteiger partial charge >= 0.3 is 0 Å². The van der Waals surface area contributed by atoms with Crippen molar-refractivity contribution in [2.24, 2.45) is 5.10 Å². The number of nitro benzene ring substituents is 1. The summed E-state index contributed by atoms with van der Waals surface area (Å²) in [6.07, 6.45) is 0.338. The summed E-state index contributed by atoms with van der Waals surface area (Å²) in [6.45, 7) is -0.402. The van der Waals surface area contributed by atoms with Gasteiger partial charge in [0, 0.05) is 28.6 Å². The minimum atomic E-state index is -0.817. The van der Waals surface area contributed by atoms with E-state index in [-0.39, 0.29) is 11.3 Å². The molecule has 0 aromatic heterocycles. The van der Waals surface area contributed by atoms with Gasteiger partial charge in [0.25, 0.3) is 23.3 Å². The third kappa shape index (κ3) is 4.23. The summed E-state index contributed by atoms with van der Waals surface area (Å²) in [6, 6.07) is 16.8. The topological polar surface area (TPSA) is 113 Å². The van der Waals surface area contributed by atoms with Gasteiger partial charge in [0.15, 0.2) is 0 Å². The molecule has 0 aliphatic carbocycles. The van der Waals surface area contributed by atoms with Crippen molar-refractivity contribution in [3.05, 3.63) is 104 Å². The predicted octanol–water partition coefficient (Wildman–Crippen LogP) is 4.81. The van der Waals surface area contributed by atoms with Crippen molar-refractivity contribution in [3.63, 3.8) is 0 Å². The van der Waals surface area contributed by atoms with Crippen LogP contribution >= 0.6 is 23.2 Å². The van der Waals surface area contributed by atoms with Gasteiger partial charge in [-0.1, -0.05) is 35.3 Å². The molecule has 9 nitrogen and oxygen atoms in total. The van der Waals surface area contributed by atoms with Gasteiger partial charge in [-0.3, -0.25) is 29.4 Å². The number of anilines is 1. The van der Waals surface area contributed by atoms with Crippen LogP contribution in [-0.2, 0) is 9.59 Å². The van der Waals surface area contributed by atoms with E-state index in [0.717, 1.165) is 10.5 Å². The highest BCUT2D eigenvalue weighted by Gasteiger charge is 2.40. The number of benzene rings is 3. The van der Waals surface area contributed by atoms with E-state index < -0.39 is 35.1 Å². The zero-order valence-electron chi connectivity index (χ0n) is 18.4. The van der Waals surface area contributed by atoms with Gasteiger partial charge in [0.1, 0.15) is 6.54 Å². The Labute approximate surface area is 214 Å². The number of carbonyl (C=O) groups is 3. The van der Waals surface area contributed by atoms with Gasteiger partial charge in [-0.25, -0.2) is 5.01 Å². The Bertz CT molecular complexity index is 1450. The third-order valence-electron chi connectivity index (χ3n) is 6.06. The summed E-state index contributed by atoms with van der Waals surface area (Å²) >= 11 is 12.0. The lowest BCUT2D eigenvalue weighted by molar-refractivity contribution is -0.384. The molecule has 1 atom stereocenters. The molecule has 5 rings (SSSR count). The first-order valence-electron chi connectivity index (χ1n) is 10.8. The van der Waals surface area contributed by atoms with E-state index in [9.17, 15) is 24.5 Å². The maximum absolute atomic E-state index is 13.5. The quantitative estimate of drug-likeness (QED) is 0.271. The van der Waals surface area contributed by atoms with Gasteiger partial charge < -0.3 is 0 Å². The number of rotatable bonds is 5. The van der Waals surface area contributed by atoms with Crippen LogP contribution in [0.5, 0.6) is 0 Å². The number of nitro groups is 1. The molecule has 180 valence electrons. The standard InChI is InChI=1S/C25H16Cl2N4O5/c26-16-5-1-15(2-6-16)22-12-20(14-3-8-18(9-4-14)31(35)36)28-30(22)23(32)13-29-21-10-7-17(27)11-19(21)24(33)25(29)34/h1-11,22H,12-13H2. The molecule has 0 fully saturated rings. The molecule has 11 heteroatoms. The van der Waals surface area contributed by atoms with E-state index in [1.165, 1.54) is 29.3 Å². The number of amides is 2. The molecular weight excluding hydrogens is 507 g/mol. The van der Waals surface area contributed by atoms with Gasteiger partial charge in [0.2, 0.25) is 0 Å². The SMILES string of the molecule is O=C1C(=O)N(CC(=O)N2N=C(c3ccc([N+](=O)[O-])cc3)CC2c2ccc(Cl)cc2)c2ccc(Cl)cc21. The molecule has 0 radical (unpaired) electrons. The lowest BCUT2D eigenvalue weighted by Gasteiger charge is -2.24. The van der Waals surface area contributed by atoms with Crippen LogP contribution in [0.15, 0.2) is 71.8 Å². The van der Waals surface area contributed by atoms with Crippen LogP contribution < -0.4 is 4.90 Å². The Morgan fingerprint density at radius 2 is 1.67 bits per heavy atom. The highest BCUT2D eigenvalue weighted by Crippen LogP contribution is 2.35. The Balaban J connectivity index is 1.47. The van der Waals surface area contributed by atoms with Crippen LogP contribution in [0.1, 0.15) is 33.9 Å². The van der Waals surface area contributed by atoms with Crippen molar-refractivity contribution in [1.82, 2.24) is 5.01 Å². The maximum Gasteiger partial charge on any atom is 0.299 e. The minimum Gasteiger partial charge on any atom is -0.295 e. The number of fused-ring (bicyclic) bond motifs is 1. The molecule has 0 bridgehead atoms. The third-order valence-corrected chi connectivity index (χ3v) is 6.55. The van der Waals surface area contributed by atoms with Crippen LogP contribution in [0.4, 0.5) is 11.4 Å². The van der Waals surface area contributed by atoms with E-state index >= 15 is 0 Å². The molecule has 3 aromatic carbocycles. The van der Waals surface area contributed by atoms with E-state index in [2.05, 4.69) is 5.10 Å². The van der Waals surface area contributed by atoms with E-state index in [4.69, 9.17) is 23.2 Å².